The summed E-state index contributed by atoms with van der Waals surface area (Å²) in [5.41, 5.74) is 11.5. The zero-order valence-corrected chi connectivity index (χ0v) is 44.5. The molecular formula is C52H86N6O10S. The van der Waals surface area contributed by atoms with E-state index in [1.807, 2.05) is 84.8 Å². The summed E-state index contributed by atoms with van der Waals surface area (Å²) in [6, 6.07) is 8.99. The smallest absolute Gasteiger partial charge is 0.311 e. The molecule has 69 heavy (non-hydrogen) atoms. The van der Waals surface area contributed by atoms with Crippen molar-refractivity contribution < 1.29 is 48.3 Å². The van der Waals surface area contributed by atoms with E-state index in [-0.39, 0.29) is 36.6 Å². The van der Waals surface area contributed by atoms with E-state index < -0.39 is 83.6 Å². The maximum atomic E-state index is 14.9. The second-order valence-corrected chi connectivity index (χ2v) is 23.1. The molecule has 0 aromatic carbocycles. The van der Waals surface area contributed by atoms with Gasteiger partial charge in [0.05, 0.1) is 58.3 Å². The molecule has 7 rings (SSSR count). The first-order valence-corrected chi connectivity index (χ1v) is 26.2. The number of methoxy groups -OCH3 is 1. The molecule has 5 aliphatic rings. The van der Waals surface area contributed by atoms with Crippen LogP contribution in [0.1, 0.15) is 125 Å². The van der Waals surface area contributed by atoms with Gasteiger partial charge in [-0.1, -0.05) is 38.9 Å². The van der Waals surface area contributed by atoms with Crippen molar-refractivity contribution in [2.24, 2.45) is 40.0 Å². The third-order valence-electron chi connectivity index (χ3n) is 16.1. The van der Waals surface area contributed by atoms with E-state index in [1.165, 1.54) is 0 Å². The van der Waals surface area contributed by atoms with Gasteiger partial charge in [-0.3, -0.25) is 4.79 Å². The molecule has 16 nitrogen and oxygen atoms in total. The molecule has 7 N–H and O–H groups in total. The summed E-state index contributed by atoms with van der Waals surface area (Å²) in [7, 11) is 5.56. The molecule has 5 fully saturated rings. The topological polar surface area (TPSA) is 215 Å². The van der Waals surface area contributed by atoms with Gasteiger partial charge in [-0.2, -0.15) is 0 Å². The number of ether oxygens (including phenoxy) is 6. The van der Waals surface area contributed by atoms with Crippen molar-refractivity contribution in [2.75, 3.05) is 33.5 Å². The summed E-state index contributed by atoms with van der Waals surface area (Å²) in [4.78, 5) is 29.6. The Morgan fingerprint density at radius 2 is 1.77 bits per heavy atom. The molecule has 1 unspecified atom stereocenters. The van der Waals surface area contributed by atoms with Crippen molar-refractivity contribution in [3.63, 3.8) is 0 Å². The fraction of sp³-hybridized carbons (Fsp3) is 0.788. The van der Waals surface area contributed by atoms with Gasteiger partial charge in [0.2, 0.25) is 0 Å². The Balaban J connectivity index is 1.46. The monoisotopic (exact) mass is 987 g/mol. The quantitative estimate of drug-likeness (QED) is 0.115. The summed E-state index contributed by atoms with van der Waals surface area (Å²) in [5.74, 6) is -1.73. The van der Waals surface area contributed by atoms with Crippen LogP contribution in [0.3, 0.4) is 0 Å². The van der Waals surface area contributed by atoms with Gasteiger partial charge in [0.25, 0.3) is 0 Å². The zero-order valence-electron chi connectivity index (χ0n) is 43.7. The lowest BCUT2D eigenvalue weighted by molar-refractivity contribution is -0.305. The Bertz CT molecular complexity index is 2010. The largest absolute Gasteiger partial charge is 0.459 e. The number of anilines is 1. The van der Waals surface area contributed by atoms with Gasteiger partial charge in [-0.05, 0) is 149 Å². The number of carbonyl (C=O) groups excluding carboxylic acids is 1. The average Bonchev–Trinajstić information content (AvgIpc) is 3.77. The molecule has 2 aromatic heterocycles. The number of esters is 1. The van der Waals surface area contributed by atoms with Gasteiger partial charge >= 0.3 is 5.97 Å². The Morgan fingerprint density at radius 3 is 2.45 bits per heavy atom. The number of thiophene rings is 1. The Morgan fingerprint density at radius 1 is 1.03 bits per heavy atom. The van der Waals surface area contributed by atoms with Crippen LogP contribution in [-0.4, -0.2) is 138 Å². The molecule has 17 heteroatoms. The number of aliphatic hydroxyl groups is 2. The van der Waals surface area contributed by atoms with Gasteiger partial charge < -0.3 is 65.2 Å². The Labute approximate surface area is 415 Å². The van der Waals surface area contributed by atoms with Crippen LogP contribution < -0.4 is 16.8 Å². The SMILES string of the molecule is CC[C@H]1OC(=O)[C@H](C)[C@@H](O[C@H]2C[C@@](C)(OC)[C@H](N)[C@H](C)O2)[C@H](C)[C@@H](O[C@@H]2O[C@H](C)CC(N(C)C)[C@H]2O)[C@]2(C)CC/C(=N/OCc3ccc(-c4cccc(N)n4)s3)CC[C@H]([C@@H](C)CN[C@H](C)C2)[C@]1(C)O. The second kappa shape index (κ2) is 23.4. The summed E-state index contributed by atoms with van der Waals surface area (Å²) in [6.45, 7) is 21.0. The number of aliphatic hydroxyl groups excluding tert-OH is 1. The molecule has 0 amide bonds. The molecule has 0 aliphatic carbocycles. The van der Waals surface area contributed by atoms with E-state index in [9.17, 15) is 15.0 Å². The molecule has 5 aliphatic heterocycles. The van der Waals surface area contributed by atoms with Gasteiger partial charge in [-0.15, -0.1) is 11.3 Å². The summed E-state index contributed by atoms with van der Waals surface area (Å²) in [5, 5.41) is 33.6. The number of nitrogens with two attached hydrogens (primary N) is 2. The predicted octanol–water partition coefficient (Wildman–Crippen LogP) is 6.89. The maximum absolute atomic E-state index is 14.9. The molecule has 0 spiro atoms. The van der Waals surface area contributed by atoms with E-state index in [1.54, 1.807) is 24.5 Å². The number of aromatic nitrogens is 1. The number of fused-ring (bicyclic) bond motifs is 15. The van der Waals surface area contributed by atoms with Crippen molar-refractivity contribution in [3.05, 3.63) is 35.2 Å². The summed E-state index contributed by atoms with van der Waals surface area (Å²) >= 11 is 1.58. The summed E-state index contributed by atoms with van der Waals surface area (Å²) < 4.78 is 40.0. The third-order valence-corrected chi connectivity index (χ3v) is 17.2. The van der Waals surface area contributed by atoms with Crippen LogP contribution in [0.15, 0.2) is 35.5 Å². The molecule has 0 saturated carbocycles. The van der Waals surface area contributed by atoms with E-state index in [0.717, 1.165) is 21.2 Å². The van der Waals surface area contributed by atoms with E-state index >= 15 is 0 Å². The minimum absolute atomic E-state index is 0.0151. The van der Waals surface area contributed by atoms with E-state index in [4.69, 9.17) is 49.9 Å². The molecule has 18 atom stereocenters. The highest BCUT2D eigenvalue weighted by atomic mass is 32.1. The number of nitrogens with zero attached hydrogens (tertiary/aromatic N) is 3. The lowest BCUT2D eigenvalue weighted by Crippen LogP contribution is -2.61. The lowest BCUT2D eigenvalue weighted by Gasteiger charge is -2.50. The Hall–Kier alpha value is -2.81. The van der Waals surface area contributed by atoms with Crippen LogP contribution in [0.25, 0.3) is 10.6 Å². The predicted molar refractivity (Wildman–Crippen MR) is 269 cm³/mol. The third kappa shape index (κ3) is 13.1. The highest BCUT2D eigenvalue weighted by Crippen LogP contribution is 2.46. The van der Waals surface area contributed by atoms with Crippen molar-refractivity contribution in [1.82, 2.24) is 15.2 Å². The van der Waals surface area contributed by atoms with E-state index in [2.05, 4.69) is 38.0 Å². The fourth-order valence-electron chi connectivity index (χ4n) is 11.8. The normalized spacial score (nSPS) is 41.7. The minimum Gasteiger partial charge on any atom is -0.459 e. The number of hydrogen-bond acceptors (Lipinski definition) is 17. The molecule has 390 valence electrons. The number of hydrogen-bond donors (Lipinski definition) is 5. The first-order valence-electron chi connectivity index (χ1n) is 25.4. The average molecular weight is 987 g/mol. The zero-order chi connectivity index (χ0) is 50.6. The van der Waals surface area contributed by atoms with Gasteiger partial charge in [0.15, 0.2) is 19.2 Å². The van der Waals surface area contributed by atoms with Crippen molar-refractivity contribution in [3.8, 4) is 10.6 Å². The lowest BCUT2D eigenvalue weighted by atomic mass is 9.68. The van der Waals surface area contributed by atoms with Crippen LogP contribution in [-0.2, 0) is 44.7 Å². The molecule has 2 aromatic rings. The maximum Gasteiger partial charge on any atom is 0.311 e. The van der Waals surface area contributed by atoms with Crippen LogP contribution >= 0.6 is 11.3 Å². The van der Waals surface area contributed by atoms with Gasteiger partial charge in [0, 0.05) is 36.4 Å². The van der Waals surface area contributed by atoms with Crippen molar-refractivity contribution in [1.29, 1.82) is 0 Å². The first-order chi connectivity index (χ1) is 32.5. The number of likely N-dealkylation sites (N-methyl/N-ethyl adjacent to an activating group) is 1. The standard InChI is InChI=1S/C52H86N6O10S/c1-14-41-52(10,61)37-20-18-35(57-63-28-36-19-21-40(69-36)38-16-15-17-42(53)56-38)22-23-50(8,25-30(3)55-27-29(37)2)47(68-49-44(59)39(58(11)12)24-31(4)64-49)32(5)45(33(6)48(60)66-41)67-43-26-51(9,62-13)46(54)34(7)65-43/h15-17,19,21,29-34,37,39,41,43-47,49,55,59,61H,14,18,20,22-28,54H2,1-13H3,(H2,53,56)/b57-35+/t29-,30+,31+,32-,33+,34-,37+,39?,41+,43-,44+,45-,46+,47+,49-,50+,51+,52-/m0/s1. The molecule has 7 heterocycles. The highest BCUT2D eigenvalue weighted by molar-refractivity contribution is 7.15. The molecule has 2 bridgehead atoms. The number of nitrogens with one attached hydrogen (secondary N) is 1. The van der Waals surface area contributed by atoms with Gasteiger partial charge in [-0.25, -0.2) is 4.98 Å². The summed E-state index contributed by atoms with van der Waals surface area (Å²) in [6.07, 6.45) is -1.50. The van der Waals surface area contributed by atoms with Crippen LogP contribution in [0, 0.1) is 29.1 Å². The van der Waals surface area contributed by atoms with Crippen molar-refractivity contribution in [2.45, 2.75) is 206 Å². The molecule has 0 radical (unpaired) electrons. The number of rotatable bonds is 11. The first kappa shape index (κ1) is 55.5. The molecule has 5 saturated heterocycles. The van der Waals surface area contributed by atoms with Crippen LogP contribution in [0.2, 0.25) is 0 Å². The van der Waals surface area contributed by atoms with Crippen molar-refractivity contribution >= 4 is 28.8 Å². The van der Waals surface area contributed by atoms with E-state index in [0.29, 0.717) is 63.7 Å². The number of oxime groups is 1. The Kier molecular flexibility index (Phi) is 18.8. The second-order valence-electron chi connectivity index (χ2n) is 21.9. The van der Waals surface area contributed by atoms with Crippen LogP contribution in [0.4, 0.5) is 5.82 Å². The minimum atomic E-state index is -1.42. The van der Waals surface area contributed by atoms with Crippen LogP contribution in [0.5, 0.6) is 0 Å². The van der Waals surface area contributed by atoms with Gasteiger partial charge in [0.1, 0.15) is 23.6 Å². The highest BCUT2D eigenvalue weighted by Gasteiger charge is 2.53. The number of pyridine rings is 1. The number of nitrogen functional groups attached to an aromatic ring is 1. The fourth-order valence-corrected chi connectivity index (χ4v) is 12.7. The molecular weight excluding hydrogens is 901 g/mol. The number of carbonyl (C=O) groups is 1.